The lowest BCUT2D eigenvalue weighted by molar-refractivity contribution is -0.141. The molecule has 2 unspecified atom stereocenters. The van der Waals surface area contributed by atoms with E-state index in [9.17, 15) is 5.11 Å². The minimum absolute atomic E-state index is 0.173. The highest BCUT2D eigenvalue weighted by atomic mass is 16.5. The smallest absolute Gasteiger partial charge is 0.0928 e. The Hall–Kier alpha value is -0.860. The van der Waals surface area contributed by atoms with E-state index in [1.807, 2.05) is 24.3 Å². The highest BCUT2D eigenvalue weighted by Crippen LogP contribution is 2.39. The standard InChI is InChI=1S/C12H16O2/c1-9(13)10-5-3-4-6-11(10)12(2)7-8-14-12/h3-6,9,13H,7-8H2,1-2H3. The third kappa shape index (κ3) is 1.45. The van der Waals surface area contributed by atoms with Crippen LogP contribution in [0.15, 0.2) is 24.3 Å². The van der Waals surface area contributed by atoms with Crippen LogP contribution in [0.25, 0.3) is 0 Å². The van der Waals surface area contributed by atoms with Crippen molar-refractivity contribution in [1.29, 1.82) is 0 Å². The van der Waals surface area contributed by atoms with Gasteiger partial charge in [0, 0.05) is 6.42 Å². The molecule has 1 N–H and O–H groups in total. The normalized spacial score (nSPS) is 28.2. The molecule has 14 heavy (non-hydrogen) atoms. The summed E-state index contributed by atoms with van der Waals surface area (Å²) in [7, 11) is 0. The van der Waals surface area contributed by atoms with Gasteiger partial charge in [-0.25, -0.2) is 0 Å². The molecule has 1 saturated heterocycles. The number of rotatable bonds is 2. The van der Waals surface area contributed by atoms with E-state index in [2.05, 4.69) is 6.92 Å². The second-order valence-corrected chi connectivity index (χ2v) is 4.09. The minimum Gasteiger partial charge on any atom is -0.389 e. The van der Waals surface area contributed by atoms with Crippen molar-refractivity contribution in [2.24, 2.45) is 0 Å². The number of aliphatic hydroxyl groups excluding tert-OH is 1. The van der Waals surface area contributed by atoms with E-state index in [1.54, 1.807) is 6.92 Å². The van der Waals surface area contributed by atoms with Gasteiger partial charge in [-0.3, -0.25) is 0 Å². The van der Waals surface area contributed by atoms with Crippen LogP contribution in [0.2, 0.25) is 0 Å². The Kier molecular flexibility index (Phi) is 2.33. The topological polar surface area (TPSA) is 29.5 Å². The fraction of sp³-hybridized carbons (Fsp3) is 0.500. The molecule has 76 valence electrons. The lowest BCUT2D eigenvalue weighted by Gasteiger charge is -2.40. The minimum atomic E-state index is -0.424. The van der Waals surface area contributed by atoms with Gasteiger partial charge in [-0.05, 0) is 25.0 Å². The van der Waals surface area contributed by atoms with Crippen LogP contribution in [0.1, 0.15) is 37.5 Å². The van der Waals surface area contributed by atoms with Crippen molar-refractivity contribution in [3.05, 3.63) is 35.4 Å². The summed E-state index contributed by atoms with van der Waals surface area (Å²) in [4.78, 5) is 0. The summed E-state index contributed by atoms with van der Waals surface area (Å²) in [6.07, 6.45) is 0.615. The van der Waals surface area contributed by atoms with E-state index in [0.29, 0.717) is 0 Å². The summed E-state index contributed by atoms with van der Waals surface area (Å²) in [5.41, 5.74) is 1.93. The van der Waals surface area contributed by atoms with Crippen LogP contribution < -0.4 is 0 Å². The zero-order valence-electron chi connectivity index (χ0n) is 8.66. The Morgan fingerprint density at radius 1 is 1.43 bits per heavy atom. The number of benzene rings is 1. The average molecular weight is 192 g/mol. The first-order valence-corrected chi connectivity index (χ1v) is 5.05. The summed E-state index contributed by atoms with van der Waals surface area (Å²) in [6.45, 7) is 4.70. The zero-order chi connectivity index (χ0) is 10.2. The van der Waals surface area contributed by atoms with Gasteiger partial charge in [0.1, 0.15) is 0 Å². The van der Waals surface area contributed by atoms with Crippen LogP contribution in [0.3, 0.4) is 0 Å². The van der Waals surface area contributed by atoms with Gasteiger partial charge in [0.05, 0.1) is 18.3 Å². The first-order chi connectivity index (χ1) is 6.63. The lowest BCUT2D eigenvalue weighted by Crippen LogP contribution is -2.38. The van der Waals surface area contributed by atoms with E-state index in [0.717, 1.165) is 24.2 Å². The molecule has 0 radical (unpaired) electrons. The highest BCUT2D eigenvalue weighted by molar-refractivity contribution is 5.34. The monoisotopic (exact) mass is 192 g/mol. The maximum atomic E-state index is 9.63. The molecule has 1 aromatic carbocycles. The van der Waals surface area contributed by atoms with Crippen LogP contribution in [0.5, 0.6) is 0 Å². The van der Waals surface area contributed by atoms with Crippen molar-refractivity contribution in [2.75, 3.05) is 6.61 Å². The fourth-order valence-electron chi connectivity index (χ4n) is 1.96. The molecule has 0 spiro atoms. The molecule has 0 saturated carbocycles. The van der Waals surface area contributed by atoms with E-state index >= 15 is 0 Å². The highest BCUT2D eigenvalue weighted by Gasteiger charge is 2.36. The van der Waals surface area contributed by atoms with Gasteiger partial charge in [0.2, 0.25) is 0 Å². The molecule has 1 heterocycles. The molecule has 1 fully saturated rings. The Labute approximate surface area is 84.5 Å². The molecule has 1 aliphatic heterocycles. The number of aliphatic hydroxyl groups is 1. The molecule has 1 aromatic rings. The summed E-state index contributed by atoms with van der Waals surface area (Å²) < 4.78 is 5.58. The Balaban J connectivity index is 2.41. The molecular weight excluding hydrogens is 176 g/mol. The van der Waals surface area contributed by atoms with E-state index in [4.69, 9.17) is 4.74 Å². The third-order valence-corrected chi connectivity index (χ3v) is 2.98. The van der Waals surface area contributed by atoms with Crippen molar-refractivity contribution in [2.45, 2.75) is 32.0 Å². The molecule has 2 atom stereocenters. The Morgan fingerprint density at radius 3 is 2.57 bits per heavy atom. The van der Waals surface area contributed by atoms with Gasteiger partial charge in [-0.15, -0.1) is 0 Å². The summed E-state index contributed by atoms with van der Waals surface area (Å²) in [6, 6.07) is 7.95. The zero-order valence-corrected chi connectivity index (χ0v) is 8.66. The van der Waals surface area contributed by atoms with Gasteiger partial charge in [0.15, 0.2) is 0 Å². The maximum Gasteiger partial charge on any atom is 0.0928 e. The van der Waals surface area contributed by atoms with Crippen molar-refractivity contribution >= 4 is 0 Å². The Morgan fingerprint density at radius 2 is 2.07 bits per heavy atom. The molecule has 0 aromatic heterocycles. The predicted molar refractivity (Wildman–Crippen MR) is 55.0 cm³/mol. The maximum absolute atomic E-state index is 9.63. The SMILES string of the molecule is CC(O)c1ccccc1C1(C)CCO1. The third-order valence-electron chi connectivity index (χ3n) is 2.98. The second kappa shape index (κ2) is 3.37. The fourth-order valence-corrected chi connectivity index (χ4v) is 1.96. The van der Waals surface area contributed by atoms with E-state index < -0.39 is 6.10 Å². The van der Waals surface area contributed by atoms with Crippen molar-refractivity contribution in [3.63, 3.8) is 0 Å². The molecule has 2 heteroatoms. The summed E-state index contributed by atoms with van der Waals surface area (Å²) >= 11 is 0. The average Bonchev–Trinajstić information content (AvgIpc) is 2.14. The molecule has 2 nitrogen and oxygen atoms in total. The van der Waals surface area contributed by atoms with Gasteiger partial charge in [0.25, 0.3) is 0 Å². The Bertz CT molecular complexity index is 327. The molecule has 0 bridgehead atoms. The number of hydrogen-bond acceptors (Lipinski definition) is 2. The molecule has 0 aliphatic carbocycles. The summed E-state index contributed by atoms with van der Waals surface area (Å²) in [5.74, 6) is 0. The van der Waals surface area contributed by atoms with Gasteiger partial charge < -0.3 is 9.84 Å². The van der Waals surface area contributed by atoms with Crippen LogP contribution in [-0.2, 0) is 10.3 Å². The number of hydrogen-bond donors (Lipinski definition) is 1. The lowest BCUT2D eigenvalue weighted by atomic mass is 9.84. The van der Waals surface area contributed by atoms with Crippen LogP contribution in [0.4, 0.5) is 0 Å². The van der Waals surface area contributed by atoms with Crippen molar-refractivity contribution < 1.29 is 9.84 Å². The second-order valence-electron chi connectivity index (χ2n) is 4.09. The summed E-state index contributed by atoms with van der Waals surface area (Å²) in [5, 5.41) is 9.63. The number of ether oxygens (including phenoxy) is 1. The molecule has 1 aliphatic rings. The van der Waals surface area contributed by atoms with Gasteiger partial charge >= 0.3 is 0 Å². The van der Waals surface area contributed by atoms with Gasteiger partial charge in [-0.2, -0.15) is 0 Å². The quantitative estimate of drug-likeness (QED) is 0.779. The predicted octanol–water partition coefficient (Wildman–Crippen LogP) is 2.38. The largest absolute Gasteiger partial charge is 0.389 e. The molecular formula is C12H16O2. The van der Waals surface area contributed by atoms with E-state index in [1.165, 1.54) is 0 Å². The first kappa shape index (κ1) is 9.69. The molecule has 2 rings (SSSR count). The van der Waals surface area contributed by atoms with Gasteiger partial charge in [-0.1, -0.05) is 24.3 Å². The van der Waals surface area contributed by atoms with E-state index in [-0.39, 0.29) is 5.60 Å². The van der Waals surface area contributed by atoms with Crippen LogP contribution in [0, 0.1) is 0 Å². The van der Waals surface area contributed by atoms with Crippen molar-refractivity contribution in [1.82, 2.24) is 0 Å². The van der Waals surface area contributed by atoms with Crippen molar-refractivity contribution in [3.8, 4) is 0 Å². The molecule has 0 amide bonds. The van der Waals surface area contributed by atoms with Crippen LogP contribution in [-0.4, -0.2) is 11.7 Å². The first-order valence-electron chi connectivity index (χ1n) is 5.05. The van der Waals surface area contributed by atoms with Crippen LogP contribution >= 0.6 is 0 Å².